The van der Waals surface area contributed by atoms with Gasteiger partial charge in [-0.1, -0.05) is 19.8 Å². The molecule has 2 rings (SSSR count). The molecule has 3 heteroatoms. The van der Waals surface area contributed by atoms with Gasteiger partial charge in [0.2, 0.25) is 0 Å². The van der Waals surface area contributed by atoms with Gasteiger partial charge in [0, 0.05) is 25.9 Å². The Morgan fingerprint density at radius 2 is 2.11 bits per heavy atom. The Kier molecular flexibility index (Phi) is 4.10. The van der Waals surface area contributed by atoms with Crippen LogP contribution in [-0.4, -0.2) is 19.2 Å². The quantitative estimate of drug-likeness (QED) is 0.706. The van der Waals surface area contributed by atoms with Crippen LogP contribution in [0.25, 0.3) is 0 Å². The molecule has 18 heavy (non-hydrogen) atoms. The average Bonchev–Trinajstić information content (AvgIpc) is 2.47. The van der Waals surface area contributed by atoms with Crippen LogP contribution in [0.3, 0.4) is 0 Å². The first-order chi connectivity index (χ1) is 8.56. The third-order valence-corrected chi connectivity index (χ3v) is 4.71. The SMILES string of the molecule is CO[C@H]1CCCC[C@@H]2CC(OC(C)=O)=CC[C@@]21C. The molecule has 102 valence electrons. The van der Waals surface area contributed by atoms with E-state index in [1.165, 1.54) is 26.2 Å². The van der Waals surface area contributed by atoms with Crippen molar-refractivity contribution in [3.8, 4) is 0 Å². The minimum atomic E-state index is -0.207. The third kappa shape index (κ3) is 2.61. The molecule has 2 aliphatic rings. The number of carbonyl (C=O) groups is 1. The van der Waals surface area contributed by atoms with Gasteiger partial charge >= 0.3 is 5.97 Å². The van der Waals surface area contributed by atoms with Crippen molar-refractivity contribution in [3.63, 3.8) is 0 Å². The van der Waals surface area contributed by atoms with E-state index in [1.807, 2.05) is 7.11 Å². The summed E-state index contributed by atoms with van der Waals surface area (Å²) in [4.78, 5) is 11.1. The summed E-state index contributed by atoms with van der Waals surface area (Å²) in [6.45, 7) is 3.80. The summed E-state index contributed by atoms with van der Waals surface area (Å²) in [5.74, 6) is 1.23. The van der Waals surface area contributed by atoms with Crippen molar-refractivity contribution in [1.29, 1.82) is 0 Å². The topological polar surface area (TPSA) is 35.5 Å². The normalized spacial score (nSPS) is 36.3. The Labute approximate surface area is 110 Å². The summed E-state index contributed by atoms with van der Waals surface area (Å²) in [6.07, 6.45) is 9.14. The van der Waals surface area contributed by atoms with Crippen molar-refractivity contribution in [2.24, 2.45) is 11.3 Å². The van der Waals surface area contributed by atoms with Gasteiger partial charge < -0.3 is 9.47 Å². The fourth-order valence-electron chi connectivity index (χ4n) is 3.59. The van der Waals surface area contributed by atoms with Crippen molar-refractivity contribution in [1.82, 2.24) is 0 Å². The molecule has 0 aromatic carbocycles. The molecule has 0 radical (unpaired) electrons. The lowest BCUT2D eigenvalue weighted by atomic mass is 9.65. The van der Waals surface area contributed by atoms with Gasteiger partial charge in [0.25, 0.3) is 0 Å². The van der Waals surface area contributed by atoms with E-state index in [9.17, 15) is 4.79 Å². The van der Waals surface area contributed by atoms with Crippen LogP contribution in [0.5, 0.6) is 0 Å². The van der Waals surface area contributed by atoms with Crippen molar-refractivity contribution in [3.05, 3.63) is 11.8 Å². The van der Waals surface area contributed by atoms with Gasteiger partial charge in [-0.25, -0.2) is 0 Å². The van der Waals surface area contributed by atoms with Crippen LogP contribution in [0.2, 0.25) is 0 Å². The molecule has 0 unspecified atom stereocenters. The van der Waals surface area contributed by atoms with Crippen molar-refractivity contribution in [2.75, 3.05) is 7.11 Å². The van der Waals surface area contributed by atoms with Crippen LogP contribution in [0, 0.1) is 11.3 Å². The minimum absolute atomic E-state index is 0.203. The van der Waals surface area contributed by atoms with Crippen molar-refractivity contribution >= 4 is 5.97 Å². The average molecular weight is 252 g/mol. The van der Waals surface area contributed by atoms with E-state index in [-0.39, 0.29) is 11.4 Å². The lowest BCUT2D eigenvalue weighted by Gasteiger charge is -2.44. The van der Waals surface area contributed by atoms with Crippen LogP contribution in [0.1, 0.15) is 52.4 Å². The molecule has 3 nitrogen and oxygen atoms in total. The highest BCUT2D eigenvalue weighted by Gasteiger charge is 2.44. The van der Waals surface area contributed by atoms with Crippen LogP contribution in [0.15, 0.2) is 11.8 Å². The van der Waals surface area contributed by atoms with Crippen molar-refractivity contribution in [2.45, 2.75) is 58.5 Å². The predicted molar refractivity (Wildman–Crippen MR) is 69.9 cm³/mol. The van der Waals surface area contributed by atoms with Gasteiger partial charge in [-0.05, 0) is 31.3 Å². The molecule has 0 amide bonds. The highest BCUT2D eigenvalue weighted by molar-refractivity contribution is 5.67. The van der Waals surface area contributed by atoms with E-state index in [2.05, 4.69) is 13.0 Å². The van der Waals surface area contributed by atoms with Crippen LogP contribution in [0.4, 0.5) is 0 Å². The number of carbonyl (C=O) groups excluding carboxylic acids is 1. The minimum Gasteiger partial charge on any atom is -0.432 e. The Balaban J connectivity index is 2.17. The summed E-state index contributed by atoms with van der Waals surface area (Å²) >= 11 is 0. The van der Waals surface area contributed by atoms with E-state index < -0.39 is 0 Å². The second-order valence-corrected chi connectivity index (χ2v) is 5.88. The molecular formula is C15H24O3. The number of esters is 1. The molecule has 0 heterocycles. The fraction of sp³-hybridized carbons (Fsp3) is 0.800. The largest absolute Gasteiger partial charge is 0.432 e. The van der Waals surface area contributed by atoms with E-state index in [0.29, 0.717) is 12.0 Å². The molecule has 0 spiro atoms. The molecular weight excluding hydrogens is 228 g/mol. The standard InChI is InChI=1S/C15H24O3/c1-11(16)18-13-8-9-15(2)12(10-13)6-4-5-7-14(15)17-3/h8,12,14H,4-7,9-10H2,1-3H3/t12-,14+,15+/m1/s1. The molecule has 0 aromatic heterocycles. The number of allylic oxidation sites excluding steroid dienone is 2. The van der Waals surface area contributed by atoms with Gasteiger partial charge in [-0.15, -0.1) is 0 Å². The molecule has 2 aliphatic carbocycles. The fourth-order valence-corrected chi connectivity index (χ4v) is 3.59. The zero-order valence-electron chi connectivity index (χ0n) is 11.7. The second kappa shape index (κ2) is 5.43. The lowest BCUT2D eigenvalue weighted by molar-refractivity contribution is -0.138. The summed E-state index contributed by atoms with van der Waals surface area (Å²) in [5.41, 5.74) is 0.203. The highest BCUT2D eigenvalue weighted by atomic mass is 16.5. The van der Waals surface area contributed by atoms with Gasteiger partial charge in [-0.2, -0.15) is 0 Å². The second-order valence-electron chi connectivity index (χ2n) is 5.88. The summed E-state index contributed by atoms with van der Waals surface area (Å²) in [7, 11) is 1.82. The number of ether oxygens (including phenoxy) is 2. The van der Waals surface area contributed by atoms with E-state index in [0.717, 1.165) is 25.0 Å². The summed E-state index contributed by atoms with van der Waals surface area (Å²) < 4.78 is 11.0. The lowest BCUT2D eigenvalue weighted by Crippen LogP contribution is -2.41. The molecule has 0 aliphatic heterocycles. The predicted octanol–water partition coefficient (Wildman–Crippen LogP) is 3.44. The zero-order valence-corrected chi connectivity index (χ0v) is 11.7. The van der Waals surface area contributed by atoms with Crippen LogP contribution >= 0.6 is 0 Å². The first kappa shape index (κ1) is 13.6. The molecule has 0 saturated heterocycles. The molecule has 0 bridgehead atoms. The highest BCUT2D eigenvalue weighted by Crippen LogP contribution is 2.49. The number of rotatable bonds is 2. The number of methoxy groups -OCH3 is 1. The number of hydrogen-bond acceptors (Lipinski definition) is 3. The Morgan fingerprint density at radius 3 is 2.78 bits per heavy atom. The molecule has 1 saturated carbocycles. The smallest absolute Gasteiger partial charge is 0.307 e. The number of hydrogen-bond donors (Lipinski definition) is 0. The maximum absolute atomic E-state index is 11.1. The van der Waals surface area contributed by atoms with Gasteiger partial charge in [0.15, 0.2) is 0 Å². The van der Waals surface area contributed by atoms with Crippen LogP contribution in [-0.2, 0) is 14.3 Å². The maximum atomic E-state index is 11.1. The van der Waals surface area contributed by atoms with Gasteiger partial charge in [0.1, 0.15) is 5.76 Å². The van der Waals surface area contributed by atoms with Crippen LogP contribution < -0.4 is 0 Å². The summed E-state index contributed by atoms with van der Waals surface area (Å²) in [6, 6.07) is 0. The van der Waals surface area contributed by atoms with Crippen molar-refractivity contribution < 1.29 is 14.3 Å². The molecule has 0 aromatic rings. The summed E-state index contributed by atoms with van der Waals surface area (Å²) in [5, 5.41) is 0. The molecule has 0 N–H and O–H groups in total. The maximum Gasteiger partial charge on any atom is 0.307 e. The molecule has 1 fully saturated rings. The first-order valence-electron chi connectivity index (χ1n) is 6.96. The monoisotopic (exact) mass is 252 g/mol. The Hall–Kier alpha value is -0.830. The van der Waals surface area contributed by atoms with Gasteiger partial charge in [0.05, 0.1) is 6.10 Å². The van der Waals surface area contributed by atoms with E-state index in [4.69, 9.17) is 9.47 Å². The number of fused-ring (bicyclic) bond motifs is 1. The Morgan fingerprint density at radius 1 is 1.39 bits per heavy atom. The van der Waals surface area contributed by atoms with E-state index >= 15 is 0 Å². The zero-order chi connectivity index (χ0) is 13.2. The first-order valence-corrected chi connectivity index (χ1v) is 6.96. The Bertz CT molecular complexity index is 348. The molecule has 3 atom stereocenters. The van der Waals surface area contributed by atoms with Gasteiger partial charge in [-0.3, -0.25) is 4.79 Å². The van der Waals surface area contributed by atoms with E-state index in [1.54, 1.807) is 0 Å². The third-order valence-electron chi connectivity index (χ3n) is 4.71.